The van der Waals surface area contributed by atoms with Crippen LogP contribution in [0.5, 0.6) is 5.75 Å². The van der Waals surface area contributed by atoms with Crippen LogP contribution in [0.3, 0.4) is 0 Å². The first kappa shape index (κ1) is 17.0. The number of benzene rings is 1. The van der Waals surface area contributed by atoms with Crippen LogP contribution in [0.25, 0.3) is 10.2 Å². The van der Waals surface area contributed by atoms with Crippen LogP contribution in [-0.2, 0) is 11.8 Å². The van der Waals surface area contributed by atoms with E-state index in [9.17, 15) is 9.59 Å². The lowest BCUT2D eigenvalue weighted by molar-refractivity contribution is -0.115. The van der Waals surface area contributed by atoms with Gasteiger partial charge in [-0.25, -0.2) is 0 Å². The van der Waals surface area contributed by atoms with Crippen molar-refractivity contribution in [3.63, 3.8) is 0 Å². The molecule has 2 aromatic heterocycles. The molecule has 0 radical (unpaired) electrons. The van der Waals surface area contributed by atoms with Gasteiger partial charge in [-0.2, -0.15) is 0 Å². The predicted molar refractivity (Wildman–Crippen MR) is 99.4 cm³/mol. The molecule has 0 aliphatic rings. The lowest BCUT2D eigenvalue weighted by Gasteiger charge is -2.09. The Hall–Kier alpha value is -2.80. The summed E-state index contributed by atoms with van der Waals surface area (Å²) in [5.74, 6) is 0.193. The van der Waals surface area contributed by atoms with Crippen LogP contribution in [0.4, 0.5) is 5.69 Å². The minimum Gasteiger partial charge on any atom is -0.494 e. The van der Waals surface area contributed by atoms with Crippen molar-refractivity contribution in [2.75, 3.05) is 18.5 Å². The van der Waals surface area contributed by atoms with E-state index in [2.05, 4.69) is 10.6 Å². The number of fused-ring (bicyclic) bond motifs is 1. The molecule has 0 spiro atoms. The third-order valence-electron chi connectivity index (χ3n) is 3.76. The number of aromatic nitrogens is 1. The minimum absolute atomic E-state index is 0.0924. The molecular weight excluding hydrogens is 338 g/mol. The van der Waals surface area contributed by atoms with Gasteiger partial charge in [0.1, 0.15) is 11.4 Å². The molecule has 0 aliphatic heterocycles. The van der Waals surface area contributed by atoms with Crippen molar-refractivity contribution in [1.82, 2.24) is 9.88 Å². The highest BCUT2D eigenvalue weighted by molar-refractivity contribution is 7.17. The molecule has 25 heavy (non-hydrogen) atoms. The summed E-state index contributed by atoms with van der Waals surface area (Å²) in [6.45, 7) is 2.41. The number of nitrogens with zero attached hydrogens (tertiary/aromatic N) is 1. The molecule has 3 aromatic rings. The molecule has 1 aromatic carbocycles. The molecule has 2 amide bonds. The molecular formula is C18H19N3O3S. The molecule has 0 saturated heterocycles. The van der Waals surface area contributed by atoms with Crippen molar-refractivity contribution in [2.45, 2.75) is 6.92 Å². The Labute approximate surface area is 149 Å². The highest BCUT2D eigenvalue weighted by atomic mass is 32.1. The van der Waals surface area contributed by atoms with Crippen LogP contribution < -0.4 is 15.4 Å². The minimum atomic E-state index is -0.284. The van der Waals surface area contributed by atoms with Gasteiger partial charge in [-0.15, -0.1) is 11.3 Å². The second kappa shape index (κ2) is 7.40. The summed E-state index contributed by atoms with van der Waals surface area (Å²) in [6.07, 6.45) is 0. The summed E-state index contributed by atoms with van der Waals surface area (Å²) >= 11 is 1.58. The highest BCUT2D eigenvalue weighted by Gasteiger charge is 2.14. The number of rotatable bonds is 6. The van der Waals surface area contributed by atoms with E-state index in [0.29, 0.717) is 18.0 Å². The normalized spacial score (nSPS) is 10.6. The zero-order chi connectivity index (χ0) is 17.8. The van der Waals surface area contributed by atoms with Crippen molar-refractivity contribution in [1.29, 1.82) is 0 Å². The monoisotopic (exact) mass is 357 g/mol. The van der Waals surface area contributed by atoms with Gasteiger partial charge in [0.25, 0.3) is 5.91 Å². The first-order chi connectivity index (χ1) is 12.1. The number of ether oxygens (including phenoxy) is 1. The predicted octanol–water partition coefficient (Wildman–Crippen LogP) is 3.01. The van der Waals surface area contributed by atoms with Gasteiger partial charge < -0.3 is 19.9 Å². The van der Waals surface area contributed by atoms with Crippen molar-refractivity contribution in [2.24, 2.45) is 7.05 Å². The van der Waals surface area contributed by atoms with E-state index >= 15 is 0 Å². The van der Waals surface area contributed by atoms with Gasteiger partial charge in [-0.05, 0) is 48.7 Å². The lowest BCUT2D eigenvalue weighted by atomic mass is 10.3. The van der Waals surface area contributed by atoms with E-state index in [4.69, 9.17) is 4.74 Å². The van der Waals surface area contributed by atoms with E-state index in [-0.39, 0.29) is 18.4 Å². The molecule has 0 atom stereocenters. The molecule has 2 heterocycles. The smallest absolute Gasteiger partial charge is 0.268 e. The Balaban J connectivity index is 1.55. The average molecular weight is 357 g/mol. The number of aryl methyl sites for hydroxylation is 1. The van der Waals surface area contributed by atoms with E-state index in [1.165, 1.54) is 0 Å². The van der Waals surface area contributed by atoms with Gasteiger partial charge in [0.2, 0.25) is 5.91 Å². The van der Waals surface area contributed by atoms with Crippen LogP contribution in [0.2, 0.25) is 0 Å². The van der Waals surface area contributed by atoms with Gasteiger partial charge in [-0.1, -0.05) is 0 Å². The third kappa shape index (κ3) is 3.83. The molecule has 0 saturated carbocycles. The van der Waals surface area contributed by atoms with Gasteiger partial charge in [0.15, 0.2) is 0 Å². The number of carbonyl (C=O) groups is 2. The number of thiophene rings is 1. The molecule has 0 aliphatic carbocycles. The van der Waals surface area contributed by atoms with Crippen LogP contribution in [0, 0.1) is 0 Å². The third-order valence-corrected chi connectivity index (χ3v) is 4.61. The average Bonchev–Trinajstić information content (AvgIpc) is 3.18. The highest BCUT2D eigenvalue weighted by Crippen LogP contribution is 2.24. The largest absolute Gasteiger partial charge is 0.494 e. The van der Waals surface area contributed by atoms with E-state index in [1.54, 1.807) is 35.6 Å². The number of nitrogens with one attached hydrogen (secondary N) is 2. The van der Waals surface area contributed by atoms with Crippen LogP contribution in [-0.4, -0.2) is 29.5 Å². The van der Waals surface area contributed by atoms with Crippen LogP contribution >= 0.6 is 11.3 Å². The fraction of sp³-hybridized carbons (Fsp3) is 0.222. The topological polar surface area (TPSA) is 72.4 Å². The Morgan fingerprint density at radius 1 is 1.20 bits per heavy atom. The fourth-order valence-electron chi connectivity index (χ4n) is 2.53. The summed E-state index contributed by atoms with van der Waals surface area (Å²) in [5, 5.41) is 7.37. The first-order valence-corrected chi connectivity index (χ1v) is 8.80. The summed E-state index contributed by atoms with van der Waals surface area (Å²) in [5.41, 5.74) is 2.20. The van der Waals surface area contributed by atoms with Crippen LogP contribution in [0.1, 0.15) is 17.4 Å². The fourth-order valence-corrected chi connectivity index (χ4v) is 3.37. The standard InChI is InChI=1S/C18H19N3O3S/c1-3-24-13-6-4-12(5-7-13)20-17(22)11-19-18(23)15-10-16-14(21(15)2)8-9-25-16/h4-10H,3,11H2,1-2H3,(H,19,23)(H,20,22). The Morgan fingerprint density at radius 2 is 1.96 bits per heavy atom. The van der Waals surface area contributed by atoms with Crippen molar-refractivity contribution in [3.05, 3.63) is 47.5 Å². The maximum Gasteiger partial charge on any atom is 0.268 e. The molecule has 6 nitrogen and oxygen atoms in total. The zero-order valence-corrected chi connectivity index (χ0v) is 14.9. The number of hydrogen-bond donors (Lipinski definition) is 2. The Kier molecular flexibility index (Phi) is 5.04. The zero-order valence-electron chi connectivity index (χ0n) is 14.0. The quantitative estimate of drug-likeness (QED) is 0.712. The molecule has 0 unspecified atom stereocenters. The SMILES string of the molecule is CCOc1ccc(NC(=O)CNC(=O)c2cc3sccc3n2C)cc1. The van der Waals surface area contributed by atoms with Crippen molar-refractivity contribution < 1.29 is 14.3 Å². The summed E-state index contributed by atoms with van der Waals surface area (Å²) < 4.78 is 8.22. The maximum atomic E-state index is 12.3. The maximum absolute atomic E-state index is 12.3. The molecule has 3 rings (SSSR count). The molecule has 7 heteroatoms. The van der Waals surface area contributed by atoms with Crippen molar-refractivity contribution in [3.8, 4) is 5.75 Å². The van der Waals surface area contributed by atoms with Gasteiger partial charge in [0.05, 0.1) is 23.4 Å². The van der Waals surface area contributed by atoms with Gasteiger partial charge in [0, 0.05) is 12.7 Å². The van der Waals surface area contributed by atoms with E-state index < -0.39 is 0 Å². The van der Waals surface area contributed by atoms with E-state index in [0.717, 1.165) is 16.0 Å². The first-order valence-electron chi connectivity index (χ1n) is 7.92. The second-order valence-electron chi connectivity index (χ2n) is 5.45. The Bertz CT molecular complexity index is 896. The lowest BCUT2D eigenvalue weighted by Crippen LogP contribution is -2.33. The Morgan fingerprint density at radius 3 is 2.64 bits per heavy atom. The molecule has 130 valence electrons. The van der Waals surface area contributed by atoms with Gasteiger partial charge >= 0.3 is 0 Å². The van der Waals surface area contributed by atoms with E-state index in [1.807, 2.05) is 36.1 Å². The number of amides is 2. The number of anilines is 1. The van der Waals surface area contributed by atoms with Crippen LogP contribution in [0.15, 0.2) is 41.8 Å². The second-order valence-corrected chi connectivity index (χ2v) is 6.39. The molecule has 0 bridgehead atoms. The summed E-state index contributed by atoms with van der Waals surface area (Å²) in [6, 6.07) is 10.9. The summed E-state index contributed by atoms with van der Waals surface area (Å²) in [4.78, 5) is 24.3. The van der Waals surface area contributed by atoms with Gasteiger partial charge in [-0.3, -0.25) is 9.59 Å². The number of carbonyl (C=O) groups excluding carboxylic acids is 2. The number of hydrogen-bond acceptors (Lipinski definition) is 4. The molecule has 2 N–H and O–H groups in total. The summed E-state index contributed by atoms with van der Waals surface area (Å²) in [7, 11) is 1.84. The van der Waals surface area contributed by atoms with Crippen molar-refractivity contribution >= 4 is 39.1 Å². The molecule has 0 fully saturated rings.